The normalized spacial score (nSPS) is 17.2. The highest BCUT2D eigenvalue weighted by molar-refractivity contribution is 5.66. The number of imidazole rings is 1. The van der Waals surface area contributed by atoms with E-state index in [1.807, 2.05) is 0 Å². The smallest absolute Gasteiger partial charge is 0.449 e. The second-order valence-corrected chi connectivity index (χ2v) is 7.00. The van der Waals surface area contributed by atoms with Gasteiger partial charge in [-0.2, -0.15) is 26.3 Å². The highest BCUT2D eigenvalue weighted by atomic mass is 19.4. The monoisotopic (exact) mass is 435 g/mol. The average Bonchev–Trinajstić information content (AvgIpc) is 3.05. The third-order valence-corrected chi connectivity index (χ3v) is 5.16. The fourth-order valence-corrected chi connectivity index (χ4v) is 3.79. The number of hydrogen-bond acceptors (Lipinski definition) is 2. The molecule has 0 spiro atoms. The molecule has 11 heteroatoms. The number of rotatable bonds is 4. The standard InChI is InChI=1S/C19H19F6N3O2/c1-2-13-15-14(8-5-11-3-6-12(7-4-11)18(20,21)22)27(17(29)30)9-10-28(15)16(26-13)19(23,24)25/h3-4,6-7,14H,2,5,8-10H2,1H3,(H,29,30). The number of halogens is 6. The van der Waals surface area contributed by atoms with Gasteiger partial charge in [0, 0.05) is 13.1 Å². The quantitative estimate of drug-likeness (QED) is 0.676. The zero-order valence-electron chi connectivity index (χ0n) is 15.9. The first-order valence-corrected chi connectivity index (χ1v) is 9.25. The summed E-state index contributed by atoms with van der Waals surface area (Å²) in [6.07, 6.45) is -9.91. The number of nitrogens with zero attached hydrogens (tertiary/aromatic N) is 3. The third kappa shape index (κ3) is 4.24. The fraction of sp³-hybridized carbons (Fsp3) is 0.474. The molecule has 1 aliphatic heterocycles. The van der Waals surface area contributed by atoms with E-state index in [9.17, 15) is 36.2 Å². The minimum atomic E-state index is -4.68. The zero-order valence-corrected chi connectivity index (χ0v) is 15.9. The first-order valence-electron chi connectivity index (χ1n) is 9.25. The number of fused-ring (bicyclic) bond motifs is 1. The van der Waals surface area contributed by atoms with Gasteiger partial charge in [0.05, 0.1) is 23.0 Å². The van der Waals surface area contributed by atoms with Crippen molar-refractivity contribution in [2.24, 2.45) is 0 Å². The van der Waals surface area contributed by atoms with Gasteiger partial charge in [0.2, 0.25) is 5.82 Å². The van der Waals surface area contributed by atoms with Crippen molar-refractivity contribution in [2.75, 3.05) is 6.54 Å². The van der Waals surface area contributed by atoms with Gasteiger partial charge >= 0.3 is 18.4 Å². The molecule has 0 aliphatic carbocycles. The summed E-state index contributed by atoms with van der Waals surface area (Å²) in [5, 5.41) is 9.54. The van der Waals surface area contributed by atoms with Gasteiger partial charge in [0.15, 0.2) is 0 Å². The highest BCUT2D eigenvalue weighted by Gasteiger charge is 2.43. The molecule has 30 heavy (non-hydrogen) atoms. The summed E-state index contributed by atoms with van der Waals surface area (Å²) in [7, 11) is 0. The predicted octanol–water partition coefficient (Wildman–Crippen LogP) is 5.15. The summed E-state index contributed by atoms with van der Waals surface area (Å²) in [6.45, 7) is 1.33. The van der Waals surface area contributed by atoms with Crippen molar-refractivity contribution < 1.29 is 36.2 Å². The molecule has 1 aromatic heterocycles. The van der Waals surface area contributed by atoms with E-state index in [4.69, 9.17) is 0 Å². The molecule has 5 nitrogen and oxygen atoms in total. The lowest BCUT2D eigenvalue weighted by Gasteiger charge is -2.36. The van der Waals surface area contributed by atoms with Crippen LogP contribution in [0.15, 0.2) is 24.3 Å². The summed E-state index contributed by atoms with van der Waals surface area (Å²) in [6, 6.07) is 3.55. The molecule has 164 valence electrons. The predicted molar refractivity (Wildman–Crippen MR) is 93.8 cm³/mol. The molecule has 1 aliphatic rings. The second-order valence-electron chi connectivity index (χ2n) is 7.00. The number of amides is 1. The number of carboxylic acid groups (broad SMARTS) is 1. The van der Waals surface area contributed by atoms with Crippen LogP contribution in [-0.2, 0) is 31.7 Å². The van der Waals surface area contributed by atoms with Crippen LogP contribution in [0, 0.1) is 0 Å². The van der Waals surface area contributed by atoms with E-state index >= 15 is 0 Å². The number of aromatic nitrogens is 2. The van der Waals surface area contributed by atoms with E-state index in [-0.39, 0.29) is 43.7 Å². The van der Waals surface area contributed by atoms with Crippen molar-refractivity contribution in [1.29, 1.82) is 0 Å². The molecule has 0 radical (unpaired) electrons. The molecule has 1 unspecified atom stereocenters. The van der Waals surface area contributed by atoms with Crippen LogP contribution in [0.3, 0.4) is 0 Å². The Morgan fingerprint density at radius 2 is 1.73 bits per heavy atom. The van der Waals surface area contributed by atoms with Crippen LogP contribution in [0.2, 0.25) is 0 Å². The van der Waals surface area contributed by atoms with Gasteiger partial charge in [-0.05, 0) is 37.0 Å². The Morgan fingerprint density at radius 3 is 2.23 bits per heavy atom. The Bertz CT molecular complexity index is 918. The molecule has 3 rings (SSSR count). The van der Waals surface area contributed by atoms with Crippen LogP contribution in [0.4, 0.5) is 31.1 Å². The van der Waals surface area contributed by atoms with E-state index in [0.717, 1.165) is 21.6 Å². The minimum absolute atomic E-state index is 0.119. The van der Waals surface area contributed by atoms with Crippen LogP contribution in [-0.4, -0.2) is 32.2 Å². The van der Waals surface area contributed by atoms with E-state index in [0.29, 0.717) is 5.56 Å². The summed E-state index contributed by atoms with van der Waals surface area (Å²) < 4.78 is 79.3. The summed E-state index contributed by atoms with van der Waals surface area (Å²) in [5.41, 5.74) is 0.0902. The maximum atomic E-state index is 13.4. The largest absolute Gasteiger partial charge is 0.465 e. The summed E-state index contributed by atoms with van der Waals surface area (Å²) in [4.78, 5) is 16.5. The van der Waals surface area contributed by atoms with E-state index in [2.05, 4.69) is 4.98 Å². The van der Waals surface area contributed by atoms with E-state index in [1.165, 1.54) is 12.1 Å². The summed E-state index contributed by atoms with van der Waals surface area (Å²) in [5.74, 6) is -1.06. The topological polar surface area (TPSA) is 58.4 Å². The maximum Gasteiger partial charge on any atom is 0.449 e. The Kier molecular flexibility index (Phi) is 5.74. The summed E-state index contributed by atoms with van der Waals surface area (Å²) >= 11 is 0. The zero-order chi connectivity index (χ0) is 22.3. The number of alkyl halides is 6. The first kappa shape index (κ1) is 22.0. The maximum absolute atomic E-state index is 13.4. The van der Waals surface area contributed by atoms with Crippen molar-refractivity contribution in [2.45, 2.75) is 51.1 Å². The average molecular weight is 435 g/mol. The van der Waals surface area contributed by atoms with Crippen molar-refractivity contribution in [3.05, 3.63) is 52.6 Å². The Balaban J connectivity index is 1.92. The molecule has 1 N–H and O–H groups in total. The van der Waals surface area contributed by atoms with Gasteiger partial charge in [0.25, 0.3) is 0 Å². The number of aryl methyl sites for hydroxylation is 2. The van der Waals surface area contributed by atoms with Gasteiger partial charge < -0.3 is 9.67 Å². The molecular formula is C19H19F6N3O2. The Hall–Kier alpha value is -2.72. The highest BCUT2D eigenvalue weighted by Crippen LogP contribution is 2.38. The third-order valence-electron chi connectivity index (χ3n) is 5.16. The molecule has 0 saturated carbocycles. The molecule has 0 saturated heterocycles. The number of hydrogen-bond donors (Lipinski definition) is 1. The molecule has 1 amide bonds. The molecule has 0 fully saturated rings. The second kappa shape index (κ2) is 7.84. The Morgan fingerprint density at radius 1 is 1.10 bits per heavy atom. The van der Waals surface area contributed by atoms with Crippen LogP contribution < -0.4 is 0 Å². The van der Waals surface area contributed by atoms with Gasteiger partial charge in [-0.15, -0.1) is 0 Å². The lowest BCUT2D eigenvalue weighted by molar-refractivity contribution is -0.147. The van der Waals surface area contributed by atoms with Gasteiger partial charge in [-0.1, -0.05) is 19.1 Å². The lowest BCUT2D eigenvalue weighted by Crippen LogP contribution is -2.42. The van der Waals surface area contributed by atoms with Crippen molar-refractivity contribution in [3.8, 4) is 0 Å². The molecule has 1 aromatic carbocycles. The van der Waals surface area contributed by atoms with Gasteiger partial charge in [-0.3, -0.25) is 4.90 Å². The van der Waals surface area contributed by atoms with Gasteiger partial charge in [-0.25, -0.2) is 9.78 Å². The molecule has 2 heterocycles. The number of benzene rings is 1. The van der Waals surface area contributed by atoms with Crippen LogP contribution >= 0.6 is 0 Å². The molecule has 1 atom stereocenters. The Labute approximate surface area is 167 Å². The van der Waals surface area contributed by atoms with Gasteiger partial charge in [0.1, 0.15) is 0 Å². The van der Waals surface area contributed by atoms with Crippen LogP contribution in [0.1, 0.15) is 47.7 Å². The lowest BCUT2D eigenvalue weighted by atomic mass is 9.97. The van der Waals surface area contributed by atoms with E-state index in [1.54, 1.807) is 6.92 Å². The first-order chi connectivity index (χ1) is 13.9. The molecular weight excluding hydrogens is 416 g/mol. The molecule has 0 bridgehead atoms. The molecule has 2 aromatic rings. The number of carbonyl (C=O) groups is 1. The van der Waals surface area contributed by atoms with Crippen LogP contribution in [0.25, 0.3) is 0 Å². The van der Waals surface area contributed by atoms with Crippen molar-refractivity contribution in [3.63, 3.8) is 0 Å². The minimum Gasteiger partial charge on any atom is -0.465 e. The van der Waals surface area contributed by atoms with Crippen molar-refractivity contribution in [1.82, 2.24) is 14.5 Å². The fourth-order valence-electron chi connectivity index (χ4n) is 3.79. The SMILES string of the molecule is CCc1nc(C(F)(F)F)n2c1C(CCc1ccc(C(F)(F)F)cc1)N(C(=O)O)CC2. The van der Waals surface area contributed by atoms with E-state index < -0.39 is 35.9 Å². The van der Waals surface area contributed by atoms with Crippen molar-refractivity contribution >= 4 is 6.09 Å². The van der Waals surface area contributed by atoms with Crippen LogP contribution in [0.5, 0.6) is 0 Å².